The maximum atomic E-state index is 5.47. The minimum Gasteiger partial charge on any atom is -0.496 e. The van der Waals surface area contributed by atoms with Crippen molar-refractivity contribution in [2.75, 3.05) is 13.7 Å². The van der Waals surface area contributed by atoms with Crippen molar-refractivity contribution in [2.45, 2.75) is 47.1 Å². The second-order valence-electron chi connectivity index (χ2n) is 5.87. The van der Waals surface area contributed by atoms with E-state index in [0.29, 0.717) is 11.5 Å². The summed E-state index contributed by atoms with van der Waals surface area (Å²) >= 11 is 0. The highest BCUT2D eigenvalue weighted by molar-refractivity contribution is 5.39. The average molecular weight is 249 g/mol. The standard InChI is InChI=1S/C16H27NO/c1-7-16(4,5)11-17-13(3)14-9-8-12(2)10-15(14)18-6/h8-10,13,17H,7,11H2,1-6H3. The van der Waals surface area contributed by atoms with E-state index in [1.807, 2.05) is 0 Å². The Labute approximate surface area is 112 Å². The SMILES string of the molecule is CCC(C)(C)CNC(C)c1ccc(C)cc1OC. The summed E-state index contributed by atoms with van der Waals surface area (Å²) in [5.41, 5.74) is 2.80. The Morgan fingerprint density at radius 2 is 2.00 bits per heavy atom. The average Bonchev–Trinajstić information content (AvgIpc) is 2.36. The van der Waals surface area contributed by atoms with Crippen LogP contribution >= 0.6 is 0 Å². The van der Waals surface area contributed by atoms with Crippen molar-refractivity contribution in [1.82, 2.24) is 5.32 Å². The maximum absolute atomic E-state index is 5.47. The highest BCUT2D eigenvalue weighted by Gasteiger charge is 2.18. The van der Waals surface area contributed by atoms with Gasteiger partial charge in [0.1, 0.15) is 5.75 Å². The number of aryl methyl sites for hydroxylation is 1. The lowest BCUT2D eigenvalue weighted by Gasteiger charge is -2.26. The first-order chi connectivity index (χ1) is 8.39. The Bertz CT molecular complexity index is 385. The number of hydrogen-bond acceptors (Lipinski definition) is 2. The lowest BCUT2D eigenvalue weighted by atomic mass is 9.90. The van der Waals surface area contributed by atoms with Crippen molar-refractivity contribution in [3.8, 4) is 5.75 Å². The van der Waals surface area contributed by atoms with Crippen LogP contribution in [0.5, 0.6) is 5.75 Å². The number of hydrogen-bond donors (Lipinski definition) is 1. The van der Waals surface area contributed by atoms with Crippen LogP contribution in [0.2, 0.25) is 0 Å². The molecule has 1 unspecified atom stereocenters. The van der Waals surface area contributed by atoms with E-state index in [9.17, 15) is 0 Å². The van der Waals surface area contributed by atoms with Gasteiger partial charge in [0, 0.05) is 18.2 Å². The van der Waals surface area contributed by atoms with Gasteiger partial charge in [-0.25, -0.2) is 0 Å². The highest BCUT2D eigenvalue weighted by Crippen LogP contribution is 2.27. The number of nitrogens with one attached hydrogen (secondary N) is 1. The Morgan fingerprint density at radius 1 is 1.33 bits per heavy atom. The van der Waals surface area contributed by atoms with Crippen molar-refractivity contribution in [2.24, 2.45) is 5.41 Å². The smallest absolute Gasteiger partial charge is 0.123 e. The Kier molecular flexibility index (Phi) is 5.21. The molecule has 0 amide bonds. The molecule has 0 saturated heterocycles. The molecule has 102 valence electrons. The van der Waals surface area contributed by atoms with Crippen LogP contribution < -0.4 is 10.1 Å². The zero-order valence-electron chi connectivity index (χ0n) is 12.6. The molecule has 18 heavy (non-hydrogen) atoms. The molecule has 0 spiro atoms. The fraction of sp³-hybridized carbons (Fsp3) is 0.625. The van der Waals surface area contributed by atoms with E-state index < -0.39 is 0 Å². The lowest BCUT2D eigenvalue weighted by molar-refractivity contribution is 0.311. The largest absolute Gasteiger partial charge is 0.496 e. The van der Waals surface area contributed by atoms with Gasteiger partial charge in [-0.1, -0.05) is 32.9 Å². The first-order valence-electron chi connectivity index (χ1n) is 6.77. The first kappa shape index (κ1) is 15.0. The van der Waals surface area contributed by atoms with Gasteiger partial charge in [0.15, 0.2) is 0 Å². The molecule has 0 radical (unpaired) electrons. The molecule has 0 aromatic heterocycles. The maximum Gasteiger partial charge on any atom is 0.123 e. The van der Waals surface area contributed by atoms with Crippen molar-refractivity contribution in [3.63, 3.8) is 0 Å². The van der Waals surface area contributed by atoms with Crippen molar-refractivity contribution < 1.29 is 4.74 Å². The molecule has 0 aliphatic rings. The molecule has 1 aromatic rings. The third kappa shape index (κ3) is 4.02. The summed E-state index contributed by atoms with van der Waals surface area (Å²) in [6, 6.07) is 6.70. The fourth-order valence-electron chi connectivity index (χ4n) is 1.84. The Morgan fingerprint density at radius 3 is 2.56 bits per heavy atom. The van der Waals surface area contributed by atoms with Gasteiger partial charge in [0.2, 0.25) is 0 Å². The van der Waals surface area contributed by atoms with Gasteiger partial charge in [-0.05, 0) is 37.3 Å². The molecule has 2 heteroatoms. The number of benzene rings is 1. The second-order valence-corrected chi connectivity index (χ2v) is 5.87. The van der Waals surface area contributed by atoms with Gasteiger partial charge < -0.3 is 10.1 Å². The molecule has 0 saturated carbocycles. The van der Waals surface area contributed by atoms with Crippen molar-refractivity contribution in [1.29, 1.82) is 0 Å². The quantitative estimate of drug-likeness (QED) is 0.820. The van der Waals surface area contributed by atoms with Crippen LogP contribution in [0.1, 0.15) is 51.3 Å². The first-order valence-corrected chi connectivity index (χ1v) is 6.77. The van der Waals surface area contributed by atoms with E-state index in [2.05, 4.69) is 58.1 Å². The molecule has 0 aliphatic heterocycles. The second kappa shape index (κ2) is 6.24. The summed E-state index contributed by atoms with van der Waals surface area (Å²) in [5.74, 6) is 0.976. The summed E-state index contributed by atoms with van der Waals surface area (Å²) in [7, 11) is 1.74. The number of ether oxygens (including phenoxy) is 1. The van der Waals surface area contributed by atoms with Gasteiger partial charge in [-0.3, -0.25) is 0 Å². The molecule has 1 atom stereocenters. The highest BCUT2D eigenvalue weighted by atomic mass is 16.5. The van der Waals surface area contributed by atoms with Crippen LogP contribution in [-0.4, -0.2) is 13.7 Å². The van der Waals surface area contributed by atoms with Gasteiger partial charge in [0.25, 0.3) is 0 Å². The van der Waals surface area contributed by atoms with Gasteiger partial charge >= 0.3 is 0 Å². The van der Waals surface area contributed by atoms with E-state index in [1.54, 1.807) is 7.11 Å². The molecular formula is C16H27NO. The lowest BCUT2D eigenvalue weighted by Crippen LogP contribution is -2.31. The predicted octanol–water partition coefficient (Wildman–Crippen LogP) is 4.09. The summed E-state index contributed by atoms with van der Waals surface area (Å²) in [5, 5.41) is 3.60. The normalized spacial score (nSPS) is 13.4. The Balaban J connectivity index is 2.75. The van der Waals surface area contributed by atoms with Crippen LogP contribution in [0, 0.1) is 12.3 Å². The zero-order chi connectivity index (χ0) is 13.8. The topological polar surface area (TPSA) is 21.3 Å². The van der Waals surface area contributed by atoms with Gasteiger partial charge in [-0.15, -0.1) is 0 Å². The molecule has 2 nitrogen and oxygen atoms in total. The number of rotatable bonds is 6. The van der Waals surface area contributed by atoms with Crippen LogP contribution in [0.4, 0.5) is 0 Å². The summed E-state index contributed by atoms with van der Waals surface area (Å²) in [4.78, 5) is 0. The Hall–Kier alpha value is -1.02. The minimum atomic E-state index is 0.311. The molecule has 0 fully saturated rings. The molecule has 1 rings (SSSR count). The van der Waals surface area contributed by atoms with E-state index >= 15 is 0 Å². The van der Waals surface area contributed by atoms with E-state index in [4.69, 9.17) is 4.74 Å². The van der Waals surface area contributed by atoms with Crippen LogP contribution in [-0.2, 0) is 0 Å². The van der Waals surface area contributed by atoms with Crippen LogP contribution in [0.25, 0.3) is 0 Å². The molecule has 0 bridgehead atoms. The predicted molar refractivity (Wildman–Crippen MR) is 78.2 cm³/mol. The monoisotopic (exact) mass is 249 g/mol. The molecule has 0 heterocycles. The minimum absolute atomic E-state index is 0.311. The molecular weight excluding hydrogens is 222 g/mol. The van der Waals surface area contributed by atoms with Crippen molar-refractivity contribution in [3.05, 3.63) is 29.3 Å². The van der Waals surface area contributed by atoms with Crippen molar-refractivity contribution >= 4 is 0 Å². The summed E-state index contributed by atoms with van der Waals surface area (Å²) in [6.45, 7) is 12.1. The molecule has 1 aromatic carbocycles. The van der Waals surface area contributed by atoms with E-state index in [1.165, 1.54) is 17.5 Å². The third-order valence-electron chi connectivity index (χ3n) is 3.70. The molecule has 1 N–H and O–H groups in total. The van der Waals surface area contributed by atoms with E-state index in [0.717, 1.165) is 12.3 Å². The van der Waals surface area contributed by atoms with Gasteiger partial charge in [-0.2, -0.15) is 0 Å². The fourth-order valence-corrected chi connectivity index (χ4v) is 1.84. The van der Waals surface area contributed by atoms with Crippen LogP contribution in [0.3, 0.4) is 0 Å². The summed E-state index contributed by atoms with van der Waals surface area (Å²) in [6.07, 6.45) is 1.18. The molecule has 0 aliphatic carbocycles. The summed E-state index contributed by atoms with van der Waals surface area (Å²) < 4.78 is 5.47. The third-order valence-corrected chi connectivity index (χ3v) is 3.70. The zero-order valence-corrected chi connectivity index (χ0v) is 12.6. The van der Waals surface area contributed by atoms with E-state index in [-0.39, 0.29) is 0 Å². The number of methoxy groups -OCH3 is 1. The van der Waals surface area contributed by atoms with Gasteiger partial charge in [0.05, 0.1) is 7.11 Å². The van der Waals surface area contributed by atoms with Crippen LogP contribution in [0.15, 0.2) is 18.2 Å².